The van der Waals surface area contributed by atoms with Crippen molar-refractivity contribution in [2.45, 2.75) is 18.6 Å². The number of carbonyl (C=O) groups is 2. The number of aromatic amines is 2. The van der Waals surface area contributed by atoms with Crippen LogP contribution in [0, 0.1) is 0 Å². The average molecular weight is 420 g/mol. The van der Waals surface area contributed by atoms with Crippen molar-refractivity contribution < 1.29 is 24.5 Å². The minimum atomic E-state index is -1.35. The van der Waals surface area contributed by atoms with Crippen LogP contribution in [-0.2, 0) is 9.59 Å². The van der Waals surface area contributed by atoms with E-state index < -0.39 is 18.2 Å². The highest BCUT2D eigenvalue weighted by atomic mass is 16.5. The fourth-order valence-electron chi connectivity index (χ4n) is 3.50. The van der Waals surface area contributed by atoms with Gasteiger partial charge in [0.1, 0.15) is 5.75 Å². The lowest BCUT2D eigenvalue weighted by Crippen LogP contribution is -2.35. The summed E-state index contributed by atoms with van der Waals surface area (Å²) in [6.45, 7) is 0. The first-order valence-corrected chi connectivity index (χ1v) is 9.54. The van der Waals surface area contributed by atoms with Crippen molar-refractivity contribution in [3.63, 3.8) is 0 Å². The van der Waals surface area contributed by atoms with E-state index in [4.69, 9.17) is 4.74 Å². The molecular weight excluding hydrogens is 400 g/mol. The summed E-state index contributed by atoms with van der Waals surface area (Å²) in [5, 5.41) is 22.4. The molecule has 0 radical (unpaired) electrons. The summed E-state index contributed by atoms with van der Waals surface area (Å²) in [7, 11) is 0. The van der Waals surface area contributed by atoms with Crippen molar-refractivity contribution in [1.29, 1.82) is 0 Å². The Morgan fingerprint density at radius 3 is 2.58 bits per heavy atom. The van der Waals surface area contributed by atoms with Gasteiger partial charge < -0.3 is 30.2 Å². The molecule has 0 aliphatic heterocycles. The van der Waals surface area contributed by atoms with E-state index in [0.717, 1.165) is 16.5 Å². The summed E-state index contributed by atoms with van der Waals surface area (Å²) < 4.78 is 5.59. The number of hydrogen-bond donors (Lipinski definition) is 5. The van der Waals surface area contributed by atoms with E-state index >= 15 is 0 Å². The molecule has 0 aliphatic carbocycles. The van der Waals surface area contributed by atoms with Crippen LogP contribution < -0.4 is 10.1 Å². The van der Waals surface area contributed by atoms with Gasteiger partial charge in [-0.05, 0) is 23.3 Å². The number of aromatic nitrogens is 3. The number of nitrogens with one attached hydrogen (secondary N) is 3. The van der Waals surface area contributed by atoms with Crippen molar-refractivity contribution in [2.24, 2.45) is 0 Å². The minimum absolute atomic E-state index is 0.0522. The van der Waals surface area contributed by atoms with Crippen molar-refractivity contribution >= 4 is 28.8 Å². The second kappa shape index (κ2) is 8.62. The molecule has 9 heteroatoms. The van der Waals surface area contributed by atoms with Gasteiger partial charge in [-0.15, -0.1) is 0 Å². The third-order valence-corrected chi connectivity index (χ3v) is 4.89. The normalized spacial score (nSPS) is 12.9. The topological polar surface area (TPSA) is 140 Å². The summed E-state index contributed by atoms with van der Waals surface area (Å²) in [4.78, 5) is 32.9. The predicted molar refractivity (Wildman–Crippen MR) is 113 cm³/mol. The molecule has 31 heavy (non-hydrogen) atoms. The largest absolute Gasteiger partial charge is 0.481 e. The fourth-order valence-corrected chi connectivity index (χ4v) is 3.50. The molecule has 2 atom stereocenters. The van der Waals surface area contributed by atoms with E-state index in [0.29, 0.717) is 11.3 Å². The third kappa shape index (κ3) is 4.50. The Morgan fingerprint density at radius 1 is 1.10 bits per heavy atom. The maximum absolute atomic E-state index is 11.6. The number of ether oxygens (including phenoxy) is 1. The van der Waals surface area contributed by atoms with Gasteiger partial charge in [0.15, 0.2) is 0 Å². The number of rotatable bonds is 9. The second-order valence-corrected chi connectivity index (χ2v) is 6.93. The molecule has 0 fully saturated rings. The molecule has 5 N–H and O–H groups in total. The highest BCUT2D eigenvalue weighted by Crippen LogP contribution is 2.34. The number of fused-ring (bicyclic) bond motifs is 1. The van der Waals surface area contributed by atoms with Gasteiger partial charge in [-0.1, -0.05) is 30.3 Å². The zero-order valence-corrected chi connectivity index (χ0v) is 16.3. The summed E-state index contributed by atoms with van der Waals surface area (Å²) in [6, 6.07) is 14.6. The average Bonchev–Trinajstić information content (AvgIpc) is 3.41. The number of carboxylic acids is 2. The van der Waals surface area contributed by atoms with Crippen LogP contribution in [0.4, 0.5) is 5.95 Å². The van der Waals surface area contributed by atoms with E-state index in [9.17, 15) is 19.8 Å². The van der Waals surface area contributed by atoms with Crippen molar-refractivity contribution in [1.82, 2.24) is 15.0 Å². The number of H-pyrrole nitrogens is 2. The molecule has 2 aromatic carbocycles. The van der Waals surface area contributed by atoms with Crippen LogP contribution in [0.2, 0.25) is 0 Å². The van der Waals surface area contributed by atoms with Gasteiger partial charge in [0.2, 0.25) is 5.95 Å². The Hall–Kier alpha value is -4.27. The van der Waals surface area contributed by atoms with E-state index in [1.165, 1.54) is 6.20 Å². The smallest absolute Gasteiger partial charge is 0.366 e. The highest BCUT2D eigenvalue weighted by Gasteiger charge is 2.23. The highest BCUT2D eigenvalue weighted by molar-refractivity contribution is 5.86. The molecule has 4 rings (SSSR count). The van der Waals surface area contributed by atoms with E-state index in [1.54, 1.807) is 30.6 Å². The monoisotopic (exact) mass is 420 g/mol. The number of imidazole rings is 1. The summed E-state index contributed by atoms with van der Waals surface area (Å²) >= 11 is 0. The molecule has 2 unspecified atom stereocenters. The number of carboxylic acid groups (broad SMARTS) is 2. The van der Waals surface area contributed by atoms with Gasteiger partial charge >= 0.3 is 11.9 Å². The van der Waals surface area contributed by atoms with Crippen molar-refractivity contribution in [3.05, 3.63) is 78.2 Å². The number of aliphatic carboxylic acids is 2. The van der Waals surface area contributed by atoms with Crippen LogP contribution in [0.3, 0.4) is 0 Å². The molecule has 4 aromatic rings. The Morgan fingerprint density at radius 2 is 1.90 bits per heavy atom. The molecule has 0 saturated heterocycles. The lowest BCUT2D eigenvalue weighted by Gasteiger charge is -2.17. The number of anilines is 1. The van der Waals surface area contributed by atoms with Crippen LogP contribution in [0.25, 0.3) is 10.9 Å². The van der Waals surface area contributed by atoms with Gasteiger partial charge in [-0.25, -0.2) is 9.78 Å². The molecule has 0 amide bonds. The van der Waals surface area contributed by atoms with Crippen LogP contribution in [0.1, 0.15) is 23.5 Å². The summed E-state index contributed by atoms with van der Waals surface area (Å²) in [5.41, 5.74) is 2.46. The summed E-state index contributed by atoms with van der Waals surface area (Å²) in [6.07, 6.45) is 3.44. The maximum atomic E-state index is 11.6. The van der Waals surface area contributed by atoms with Gasteiger partial charge in [0.05, 0.1) is 6.42 Å². The van der Waals surface area contributed by atoms with Crippen molar-refractivity contribution in [2.75, 3.05) is 5.32 Å². The second-order valence-electron chi connectivity index (χ2n) is 6.93. The third-order valence-electron chi connectivity index (χ3n) is 4.89. The lowest BCUT2D eigenvalue weighted by atomic mass is 9.88. The number of hydrogen-bond acceptors (Lipinski definition) is 5. The molecule has 9 nitrogen and oxygen atoms in total. The predicted octanol–water partition coefficient (Wildman–Crippen LogP) is 3.40. The maximum Gasteiger partial charge on any atom is 0.366 e. The Kier molecular flexibility index (Phi) is 5.57. The first kappa shape index (κ1) is 20.0. The molecule has 0 aliphatic rings. The zero-order chi connectivity index (χ0) is 21.8. The van der Waals surface area contributed by atoms with E-state index in [-0.39, 0.29) is 18.3 Å². The van der Waals surface area contributed by atoms with Gasteiger partial charge in [0.25, 0.3) is 6.23 Å². The van der Waals surface area contributed by atoms with E-state index in [2.05, 4.69) is 20.3 Å². The standard InChI is InChI=1S/C22H20N4O5/c27-19(28)11-16(13-4-2-1-3-5-13)17-12-25-18-10-14(6-7-15(17)18)31-20(21(29)30)26-22-23-8-9-24-22/h1-10,12,16,20,25H,11H2,(H,27,28)(H,29,30)(H2,23,24,26). The first-order valence-electron chi connectivity index (χ1n) is 9.54. The quantitative estimate of drug-likeness (QED) is 0.261. The van der Waals surface area contributed by atoms with Crippen LogP contribution in [0.15, 0.2) is 67.1 Å². The molecule has 0 bridgehead atoms. The lowest BCUT2D eigenvalue weighted by molar-refractivity contribution is -0.143. The molecular formula is C22H20N4O5. The Labute approximate surface area is 176 Å². The van der Waals surface area contributed by atoms with Gasteiger partial charge in [-0.3, -0.25) is 4.79 Å². The molecule has 0 spiro atoms. The minimum Gasteiger partial charge on any atom is -0.481 e. The van der Waals surface area contributed by atoms with E-state index in [1.807, 2.05) is 30.3 Å². The Bertz CT molecular complexity index is 1190. The first-order chi connectivity index (χ1) is 15.0. The van der Waals surface area contributed by atoms with Gasteiger partial charge in [-0.2, -0.15) is 0 Å². The molecule has 2 aromatic heterocycles. The molecule has 0 saturated carbocycles. The Balaban J connectivity index is 1.62. The fraction of sp³-hybridized carbons (Fsp3) is 0.136. The summed E-state index contributed by atoms with van der Waals surface area (Å²) in [5.74, 6) is -1.81. The molecule has 2 heterocycles. The van der Waals surface area contributed by atoms with Crippen molar-refractivity contribution in [3.8, 4) is 5.75 Å². The van der Waals surface area contributed by atoms with Gasteiger partial charge in [0, 0.05) is 41.5 Å². The van der Waals surface area contributed by atoms with Crippen LogP contribution >= 0.6 is 0 Å². The number of benzene rings is 2. The van der Waals surface area contributed by atoms with Crippen LogP contribution in [-0.4, -0.2) is 43.3 Å². The SMILES string of the molecule is O=C(O)CC(c1ccccc1)c1c[nH]c2cc(OC(Nc3ncc[nH]3)C(=O)O)ccc12. The molecule has 158 valence electrons. The zero-order valence-electron chi connectivity index (χ0n) is 16.3. The number of nitrogens with zero attached hydrogens (tertiary/aromatic N) is 1. The van der Waals surface area contributed by atoms with Crippen LogP contribution in [0.5, 0.6) is 5.75 Å².